The highest BCUT2D eigenvalue weighted by Crippen LogP contribution is 2.27. The molecule has 7 nitrogen and oxygen atoms in total. The molecule has 0 bridgehead atoms. The summed E-state index contributed by atoms with van der Waals surface area (Å²) in [5, 5.41) is 2.90. The van der Waals surface area contributed by atoms with Gasteiger partial charge in [-0.3, -0.25) is 19.8 Å². The first-order valence-corrected chi connectivity index (χ1v) is 5.99. The molecule has 1 N–H and O–H groups in total. The van der Waals surface area contributed by atoms with Crippen LogP contribution in [-0.4, -0.2) is 34.7 Å². The van der Waals surface area contributed by atoms with Crippen molar-refractivity contribution in [1.82, 2.24) is 15.3 Å². The molecular weight excluding hydrogens is 260 g/mol. The van der Waals surface area contributed by atoms with Crippen molar-refractivity contribution >= 4 is 34.8 Å². The molecule has 1 aromatic heterocycles. The number of hydrogen-bond acceptors (Lipinski definition) is 5. The standard InChI is InChI=1S/C13H10N4O3/c18-6-8-3-10-9(5-14-7-15-10)11(4-8)17-2-1-12(19)16-13(17)20/h3-7H,1-2H2,(H,16,19,20). The van der Waals surface area contributed by atoms with Crippen LogP contribution in [-0.2, 0) is 4.79 Å². The third kappa shape index (κ3) is 1.99. The summed E-state index contributed by atoms with van der Waals surface area (Å²) in [4.78, 5) is 43.6. The number of carbonyl (C=O) groups is 3. The van der Waals surface area contributed by atoms with E-state index in [9.17, 15) is 14.4 Å². The molecule has 0 unspecified atom stereocenters. The van der Waals surface area contributed by atoms with Crippen LogP contribution in [0.5, 0.6) is 0 Å². The summed E-state index contributed by atoms with van der Waals surface area (Å²) in [5.41, 5.74) is 1.51. The monoisotopic (exact) mass is 270 g/mol. The van der Waals surface area contributed by atoms with E-state index in [2.05, 4.69) is 15.3 Å². The zero-order valence-corrected chi connectivity index (χ0v) is 10.4. The fourth-order valence-corrected chi connectivity index (χ4v) is 2.17. The van der Waals surface area contributed by atoms with Crippen LogP contribution in [0, 0.1) is 0 Å². The largest absolute Gasteiger partial charge is 0.328 e. The lowest BCUT2D eigenvalue weighted by molar-refractivity contribution is -0.120. The van der Waals surface area contributed by atoms with Gasteiger partial charge in [-0.05, 0) is 12.1 Å². The maximum absolute atomic E-state index is 11.9. The summed E-state index contributed by atoms with van der Waals surface area (Å²) in [6.07, 6.45) is 3.86. The molecule has 2 aromatic rings. The van der Waals surface area contributed by atoms with Crippen molar-refractivity contribution in [2.45, 2.75) is 6.42 Å². The summed E-state index contributed by atoms with van der Waals surface area (Å²) in [6.45, 7) is 0.261. The van der Waals surface area contributed by atoms with Gasteiger partial charge in [0.05, 0.1) is 11.2 Å². The van der Waals surface area contributed by atoms with Crippen molar-refractivity contribution < 1.29 is 14.4 Å². The smallest absolute Gasteiger partial charge is 0.298 e. The number of urea groups is 1. The van der Waals surface area contributed by atoms with Gasteiger partial charge in [0.2, 0.25) is 5.91 Å². The fourth-order valence-electron chi connectivity index (χ4n) is 2.17. The Morgan fingerprint density at radius 2 is 2.15 bits per heavy atom. The van der Waals surface area contributed by atoms with Gasteiger partial charge in [0.15, 0.2) is 0 Å². The van der Waals surface area contributed by atoms with E-state index >= 15 is 0 Å². The Labute approximate surface area is 113 Å². The summed E-state index contributed by atoms with van der Waals surface area (Å²) < 4.78 is 0. The number of imide groups is 1. The molecule has 100 valence electrons. The van der Waals surface area contributed by atoms with Crippen molar-refractivity contribution in [3.8, 4) is 0 Å². The van der Waals surface area contributed by atoms with E-state index in [1.807, 2.05) is 0 Å². The molecule has 1 aliphatic heterocycles. The lowest BCUT2D eigenvalue weighted by Gasteiger charge is -2.27. The molecule has 1 aromatic carbocycles. The Hall–Kier alpha value is -2.83. The van der Waals surface area contributed by atoms with E-state index in [4.69, 9.17) is 0 Å². The van der Waals surface area contributed by atoms with Crippen LogP contribution in [0.3, 0.4) is 0 Å². The summed E-state index contributed by atoms with van der Waals surface area (Å²) in [6, 6.07) is 2.71. The average molecular weight is 270 g/mol. The zero-order valence-electron chi connectivity index (χ0n) is 10.4. The number of nitrogens with one attached hydrogen (secondary N) is 1. The molecule has 7 heteroatoms. The zero-order chi connectivity index (χ0) is 14.1. The van der Waals surface area contributed by atoms with E-state index < -0.39 is 6.03 Å². The summed E-state index contributed by atoms with van der Waals surface area (Å²) >= 11 is 0. The molecule has 3 rings (SSSR count). The van der Waals surface area contributed by atoms with E-state index in [1.54, 1.807) is 18.3 Å². The Balaban J connectivity index is 2.16. The molecule has 1 saturated heterocycles. The van der Waals surface area contributed by atoms with Gasteiger partial charge in [-0.15, -0.1) is 0 Å². The highest BCUT2D eigenvalue weighted by molar-refractivity contribution is 6.10. The lowest BCUT2D eigenvalue weighted by atomic mass is 10.1. The number of anilines is 1. The second-order valence-electron chi connectivity index (χ2n) is 4.37. The van der Waals surface area contributed by atoms with Gasteiger partial charge < -0.3 is 0 Å². The Morgan fingerprint density at radius 1 is 1.30 bits per heavy atom. The maximum atomic E-state index is 11.9. The molecule has 3 amide bonds. The third-order valence-electron chi connectivity index (χ3n) is 3.11. The minimum Gasteiger partial charge on any atom is -0.298 e. The van der Waals surface area contributed by atoms with Crippen molar-refractivity contribution in [2.75, 3.05) is 11.4 Å². The van der Waals surface area contributed by atoms with Gasteiger partial charge in [0.1, 0.15) is 12.6 Å². The van der Waals surface area contributed by atoms with Gasteiger partial charge >= 0.3 is 6.03 Å². The van der Waals surface area contributed by atoms with E-state index in [1.165, 1.54) is 11.2 Å². The van der Waals surface area contributed by atoms with Crippen LogP contribution < -0.4 is 10.2 Å². The molecule has 2 heterocycles. The van der Waals surface area contributed by atoms with Crippen LogP contribution >= 0.6 is 0 Å². The average Bonchev–Trinajstić information content (AvgIpc) is 2.46. The Bertz CT molecular complexity index is 729. The second-order valence-corrected chi connectivity index (χ2v) is 4.37. The van der Waals surface area contributed by atoms with Crippen LogP contribution in [0.2, 0.25) is 0 Å². The number of nitrogens with zero attached hydrogens (tertiary/aromatic N) is 3. The van der Waals surface area contributed by atoms with E-state index in [0.29, 0.717) is 28.4 Å². The molecule has 1 fully saturated rings. The van der Waals surface area contributed by atoms with Crippen LogP contribution in [0.15, 0.2) is 24.7 Å². The van der Waals surface area contributed by atoms with Gasteiger partial charge in [-0.2, -0.15) is 0 Å². The molecular formula is C13H10N4O3. The predicted octanol–water partition coefficient (Wildman–Crippen LogP) is 0.889. The number of aromatic nitrogens is 2. The summed E-state index contributed by atoms with van der Waals surface area (Å²) in [5.74, 6) is -0.307. The highest BCUT2D eigenvalue weighted by Gasteiger charge is 2.26. The van der Waals surface area contributed by atoms with Gasteiger partial charge in [0.25, 0.3) is 0 Å². The molecule has 0 aliphatic carbocycles. The molecule has 0 atom stereocenters. The molecule has 0 radical (unpaired) electrons. The van der Waals surface area contributed by atoms with Crippen molar-refractivity contribution in [2.24, 2.45) is 0 Å². The first kappa shape index (κ1) is 12.2. The minimum absolute atomic E-state index is 0.215. The predicted molar refractivity (Wildman–Crippen MR) is 70.4 cm³/mol. The topological polar surface area (TPSA) is 92.3 Å². The molecule has 0 saturated carbocycles. The SMILES string of the molecule is O=Cc1cc(N2CCC(=O)NC2=O)c2cncnc2c1. The minimum atomic E-state index is -0.505. The Morgan fingerprint density at radius 3 is 2.90 bits per heavy atom. The Kier molecular flexibility index (Phi) is 2.86. The van der Waals surface area contributed by atoms with Crippen molar-refractivity contribution in [1.29, 1.82) is 0 Å². The highest BCUT2D eigenvalue weighted by atomic mass is 16.2. The third-order valence-corrected chi connectivity index (χ3v) is 3.11. The second kappa shape index (κ2) is 4.69. The molecule has 20 heavy (non-hydrogen) atoms. The quantitative estimate of drug-likeness (QED) is 0.818. The normalized spacial score (nSPS) is 15.3. The van der Waals surface area contributed by atoms with Gasteiger partial charge in [-0.25, -0.2) is 14.8 Å². The maximum Gasteiger partial charge on any atom is 0.328 e. The number of fused-ring (bicyclic) bond motifs is 1. The fraction of sp³-hybridized carbons (Fsp3) is 0.154. The van der Waals surface area contributed by atoms with E-state index in [0.717, 1.165) is 0 Å². The summed E-state index contributed by atoms with van der Waals surface area (Å²) in [7, 11) is 0. The van der Waals surface area contributed by atoms with Crippen LogP contribution in [0.1, 0.15) is 16.8 Å². The van der Waals surface area contributed by atoms with Gasteiger partial charge in [-0.1, -0.05) is 0 Å². The number of hydrogen-bond donors (Lipinski definition) is 1. The number of rotatable bonds is 2. The lowest BCUT2D eigenvalue weighted by Crippen LogP contribution is -2.49. The number of carbonyl (C=O) groups excluding carboxylic acids is 3. The first-order valence-electron chi connectivity index (χ1n) is 5.99. The molecule has 0 spiro atoms. The number of amides is 3. The van der Waals surface area contributed by atoms with Crippen molar-refractivity contribution in [3.63, 3.8) is 0 Å². The van der Waals surface area contributed by atoms with Crippen LogP contribution in [0.4, 0.5) is 10.5 Å². The van der Waals surface area contributed by atoms with Crippen LogP contribution in [0.25, 0.3) is 10.9 Å². The number of aldehydes is 1. The first-order chi connectivity index (χ1) is 9.69. The number of benzene rings is 1. The van der Waals surface area contributed by atoms with E-state index in [-0.39, 0.29) is 18.9 Å². The molecule has 1 aliphatic rings. The van der Waals surface area contributed by atoms with Crippen molar-refractivity contribution in [3.05, 3.63) is 30.2 Å². The van der Waals surface area contributed by atoms with Gasteiger partial charge in [0, 0.05) is 30.1 Å².